The van der Waals surface area contributed by atoms with E-state index in [0.29, 0.717) is 6.42 Å². The Bertz CT molecular complexity index is 1030. The van der Waals surface area contributed by atoms with Crippen LogP contribution in [0.4, 0.5) is 11.4 Å². The van der Waals surface area contributed by atoms with E-state index in [1.54, 1.807) is 0 Å². The van der Waals surface area contributed by atoms with Crippen molar-refractivity contribution in [3.05, 3.63) is 33.9 Å². The number of carbonyl (C=O) groups is 5. The van der Waals surface area contributed by atoms with E-state index < -0.39 is 64.8 Å². The van der Waals surface area contributed by atoms with Crippen molar-refractivity contribution in [3.63, 3.8) is 0 Å². The smallest absolute Gasteiger partial charge is 0.303 e. The molecule has 0 fully saturated rings. The number of nitrogens with zero attached hydrogens (tertiary/aromatic N) is 1. The molecule has 1 aliphatic rings. The number of nitrogens with one attached hydrogen (secondary N) is 4. The molecule has 0 saturated heterocycles. The number of benzene rings is 1. The van der Waals surface area contributed by atoms with Crippen LogP contribution in [0.5, 0.6) is 0 Å². The fraction of sp³-hybridized carbons (Fsp3) is 0.500. The third-order valence-corrected chi connectivity index (χ3v) is 5.61. The first-order chi connectivity index (χ1) is 17.0. The number of nitro groups is 1. The van der Waals surface area contributed by atoms with Gasteiger partial charge in [-0.1, -0.05) is 26.2 Å². The summed E-state index contributed by atoms with van der Waals surface area (Å²) >= 11 is 0. The standard InChI is InChI=1S/C22H30N6O8/c1-2-3-4-5-15-21(33)27-17(19(23)31)11-24-14-7-6-12(28(35)36)10-13(14)20(32)25-16(22(34)26-15)8-9-18(29)30/h6-7,10,15-17,24H,2-5,8-9,11H2,1H3,(H2,23,31)(H,25,32)(H,26,34)(H,27,33)(H,29,30)/t15-,16-,17?/m0/s1. The third-order valence-electron chi connectivity index (χ3n) is 5.61. The molecule has 2 rings (SSSR count). The van der Waals surface area contributed by atoms with E-state index in [9.17, 15) is 34.1 Å². The van der Waals surface area contributed by atoms with E-state index in [4.69, 9.17) is 10.8 Å². The fourth-order valence-electron chi connectivity index (χ4n) is 3.61. The summed E-state index contributed by atoms with van der Waals surface area (Å²) in [5, 5.41) is 30.6. The van der Waals surface area contributed by atoms with Crippen molar-refractivity contribution < 1.29 is 34.0 Å². The Hall–Kier alpha value is -4.23. The number of primary amides is 1. The molecule has 1 aliphatic heterocycles. The maximum absolute atomic E-state index is 13.1. The van der Waals surface area contributed by atoms with Crippen molar-refractivity contribution in [2.75, 3.05) is 11.9 Å². The second-order valence-corrected chi connectivity index (χ2v) is 8.35. The summed E-state index contributed by atoms with van der Waals surface area (Å²) < 4.78 is 0. The van der Waals surface area contributed by atoms with Crippen molar-refractivity contribution in [1.82, 2.24) is 16.0 Å². The molecular formula is C22H30N6O8. The molecule has 1 unspecified atom stereocenters. The van der Waals surface area contributed by atoms with Crippen LogP contribution in [-0.4, -0.2) is 64.3 Å². The predicted octanol–water partition coefficient (Wildman–Crippen LogP) is 0.0187. The van der Waals surface area contributed by atoms with Crippen LogP contribution < -0.4 is 27.0 Å². The minimum absolute atomic E-state index is 0.0785. The number of non-ortho nitro benzene ring substituents is 1. The van der Waals surface area contributed by atoms with Crippen molar-refractivity contribution in [2.24, 2.45) is 5.73 Å². The van der Waals surface area contributed by atoms with E-state index in [-0.39, 0.29) is 30.6 Å². The van der Waals surface area contributed by atoms with E-state index >= 15 is 0 Å². The van der Waals surface area contributed by atoms with Crippen molar-refractivity contribution in [3.8, 4) is 0 Å². The van der Waals surface area contributed by atoms with Gasteiger partial charge in [-0.05, 0) is 18.9 Å². The molecule has 0 aromatic heterocycles. The highest BCUT2D eigenvalue weighted by Crippen LogP contribution is 2.23. The second kappa shape index (κ2) is 13.0. The zero-order valence-electron chi connectivity index (χ0n) is 19.7. The van der Waals surface area contributed by atoms with Crippen LogP contribution in [0.3, 0.4) is 0 Å². The Morgan fingerprint density at radius 2 is 1.75 bits per heavy atom. The molecule has 1 aromatic rings. The van der Waals surface area contributed by atoms with Gasteiger partial charge in [0, 0.05) is 30.8 Å². The third kappa shape index (κ3) is 7.92. The lowest BCUT2D eigenvalue weighted by Gasteiger charge is -2.24. The first-order valence-corrected chi connectivity index (χ1v) is 11.5. The quantitative estimate of drug-likeness (QED) is 0.151. The maximum Gasteiger partial charge on any atom is 0.303 e. The number of hydrogen-bond acceptors (Lipinski definition) is 8. The van der Waals surface area contributed by atoms with Crippen LogP contribution in [-0.2, 0) is 19.2 Å². The molecule has 7 N–H and O–H groups in total. The van der Waals surface area contributed by atoms with Crippen molar-refractivity contribution in [1.29, 1.82) is 0 Å². The van der Waals surface area contributed by atoms with E-state index in [2.05, 4.69) is 21.3 Å². The minimum atomic E-state index is -1.35. The molecule has 14 heteroatoms. The molecule has 14 nitrogen and oxygen atoms in total. The molecule has 1 heterocycles. The van der Waals surface area contributed by atoms with Gasteiger partial charge in [0.05, 0.1) is 10.5 Å². The highest BCUT2D eigenvalue weighted by molar-refractivity contribution is 6.03. The number of unbranched alkanes of at least 4 members (excludes halogenated alkanes) is 2. The summed E-state index contributed by atoms with van der Waals surface area (Å²) in [5.41, 5.74) is 4.89. The lowest BCUT2D eigenvalue weighted by Crippen LogP contribution is -2.57. The monoisotopic (exact) mass is 506 g/mol. The summed E-state index contributed by atoms with van der Waals surface area (Å²) in [6.07, 6.45) is 1.67. The van der Waals surface area contributed by atoms with E-state index in [1.807, 2.05) is 6.92 Å². The fourth-order valence-corrected chi connectivity index (χ4v) is 3.61. The number of anilines is 1. The van der Waals surface area contributed by atoms with E-state index in [1.165, 1.54) is 6.07 Å². The number of aliphatic carboxylic acids is 1. The second-order valence-electron chi connectivity index (χ2n) is 8.35. The number of carboxylic acids is 1. The predicted molar refractivity (Wildman–Crippen MR) is 127 cm³/mol. The van der Waals surface area contributed by atoms with Gasteiger partial charge in [-0.15, -0.1) is 0 Å². The van der Waals surface area contributed by atoms with Crippen molar-refractivity contribution in [2.45, 2.75) is 63.6 Å². The largest absolute Gasteiger partial charge is 0.481 e. The Morgan fingerprint density at radius 3 is 2.36 bits per heavy atom. The summed E-state index contributed by atoms with van der Waals surface area (Å²) in [6, 6.07) is -0.290. The molecular weight excluding hydrogens is 476 g/mol. The summed E-state index contributed by atoms with van der Waals surface area (Å²) in [4.78, 5) is 72.7. The molecule has 0 aliphatic carbocycles. The summed E-state index contributed by atoms with van der Waals surface area (Å²) in [6.45, 7) is 1.72. The summed E-state index contributed by atoms with van der Waals surface area (Å²) in [7, 11) is 0. The van der Waals surface area contributed by atoms with Crippen LogP contribution in [0.15, 0.2) is 18.2 Å². The van der Waals surface area contributed by atoms with Gasteiger partial charge < -0.3 is 32.1 Å². The first-order valence-electron chi connectivity index (χ1n) is 11.5. The molecule has 4 amide bonds. The van der Waals surface area contributed by atoms with Crippen LogP contribution in [0.2, 0.25) is 0 Å². The number of nitrogens with two attached hydrogens (primary N) is 1. The van der Waals surface area contributed by atoms with Gasteiger partial charge in [0.15, 0.2) is 0 Å². The zero-order valence-corrected chi connectivity index (χ0v) is 19.7. The Balaban J connectivity index is 2.50. The van der Waals surface area contributed by atoms with Crippen LogP contribution >= 0.6 is 0 Å². The lowest BCUT2D eigenvalue weighted by molar-refractivity contribution is -0.384. The molecule has 0 bridgehead atoms. The first kappa shape index (κ1) is 28.0. The van der Waals surface area contributed by atoms with Gasteiger partial charge in [0.1, 0.15) is 18.1 Å². The van der Waals surface area contributed by atoms with Gasteiger partial charge in [-0.3, -0.25) is 34.1 Å². The molecule has 36 heavy (non-hydrogen) atoms. The van der Waals surface area contributed by atoms with Crippen LogP contribution in [0.1, 0.15) is 55.8 Å². The minimum Gasteiger partial charge on any atom is -0.481 e. The van der Waals surface area contributed by atoms with Gasteiger partial charge in [0.2, 0.25) is 17.7 Å². The SMILES string of the molecule is CCCCC[C@@H]1NC(=O)[C@H](CCC(=O)O)NC(=O)c2cc([N+](=O)[O-])ccc2NCC(C(N)=O)NC1=O. The molecule has 1 aromatic carbocycles. The average Bonchev–Trinajstić information content (AvgIpc) is 2.82. The number of hydrogen-bond donors (Lipinski definition) is 6. The number of carboxylic acid groups (broad SMARTS) is 1. The number of nitro benzene ring substituents is 1. The zero-order chi connectivity index (χ0) is 26.8. The summed E-state index contributed by atoms with van der Waals surface area (Å²) in [5.74, 6) is -4.45. The van der Waals surface area contributed by atoms with Gasteiger partial charge >= 0.3 is 5.97 Å². The highest BCUT2D eigenvalue weighted by atomic mass is 16.6. The normalized spacial score (nSPS) is 20.7. The Labute approximate surface area is 206 Å². The van der Waals surface area contributed by atoms with E-state index in [0.717, 1.165) is 25.0 Å². The Morgan fingerprint density at radius 1 is 1.08 bits per heavy atom. The molecule has 0 spiro atoms. The van der Waals surface area contributed by atoms with Gasteiger partial charge in [-0.2, -0.15) is 0 Å². The molecule has 0 radical (unpaired) electrons. The van der Waals surface area contributed by atoms with Crippen molar-refractivity contribution >= 4 is 41.0 Å². The lowest BCUT2D eigenvalue weighted by atomic mass is 10.0. The number of amides is 4. The number of rotatable bonds is 9. The van der Waals surface area contributed by atoms with Gasteiger partial charge in [0.25, 0.3) is 11.6 Å². The maximum atomic E-state index is 13.1. The highest BCUT2D eigenvalue weighted by Gasteiger charge is 2.31. The van der Waals surface area contributed by atoms with Crippen LogP contribution in [0.25, 0.3) is 0 Å². The Kier molecular flexibility index (Phi) is 10.1. The molecule has 3 atom stereocenters. The molecule has 0 saturated carbocycles. The van der Waals surface area contributed by atoms with Crippen LogP contribution in [0, 0.1) is 10.1 Å². The average molecular weight is 507 g/mol. The number of fused-ring (bicyclic) bond motifs is 1. The van der Waals surface area contributed by atoms with Gasteiger partial charge in [-0.25, -0.2) is 0 Å². The topological polar surface area (TPSA) is 223 Å². The molecule has 196 valence electrons. The number of carbonyl (C=O) groups excluding carboxylic acids is 4.